The van der Waals surface area contributed by atoms with Crippen LogP contribution < -0.4 is 4.74 Å². The highest BCUT2D eigenvalue weighted by Crippen LogP contribution is 2.51. The Morgan fingerprint density at radius 2 is 1.83 bits per heavy atom. The second-order valence-corrected chi connectivity index (χ2v) is 5.53. The van der Waals surface area contributed by atoms with E-state index in [1.807, 2.05) is 0 Å². The van der Waals surface area contributed by atoms with Crippen LogP contribution in [-0.4, -0.2) is 33.3 Å². The number of hydrogen-bond donors (Lipinski definition) is 4. The number of aromatic hydroxyl groups is 3. The van der Waals surface area contributed by atoms with Crippen LogP contribution in [0.4, 0.5) is 0 Å². The van der Waals surface area contributed by atoms with E-state index in [0.29, 0.717) is 23.0 Å². The van der Waals surface area contributed by atoms with Crippen molar-refractivity contribution in [3.63, 3.8) is 0 Å². The van der Waals surface area contributed by atoms with Gasteiger partial charge in [-0.25, -0.2) is 0 Å². The monoisotopic (exact) mass is 328 g/mol. The number of carbonyl (C=O) groups is 1. The maximum atomic E-state index is 10.5. The molecule has 0 aromatic heterocycles. The molecule has 0 amide bonds. The fourth-order valence-corrected chi connectivity index (χ4v) is 2.89. The summed E-state index contributed by atoms with van der Waals surface area (Å²) in [6, 6.07) is 7.47. The molecule has 4 N–H and O–H groups in total. The fourth-order valence-electron chi connectivity index (χ4n) is 2.89. The maximum absolute atomic E-state index is 10.5. The molecule has 0 radical (unpaired) electrons. The topological polar surface area (TPSA) is 107 Å². The zero-order chi connectivity index (χ0) is 17.3. The molecule has 24 heavy (non-hydrogen) atoms. The van der Waals surface area contributed by atoms with Gasteiger partial charge in [0.1, 0.15) is 12.4 Å². The van der Waals surface area contributed by atoms with Gasteiger partial charge in [0, 0.05) is 5.56 Å². The lowest BCUT2D eigenvalue weighted by molar-refractivity contribution is -0.104. The van der Waals surface area contributed by atoms with Crippen LogP contribution in [0.25, 0.3) is 6.08 Å². The van der Waals surface area contributed by atoms with Crippen molar-refractivity contribution in [1.82, 2.24) is 0 Å². The number of rotatable bonds is 4. The van der Waals surface area contributed by atoms with E-state index in [9.17, 15) is 25.2 Å². The smallest absolute Gasteiger partial charge is 0.165 e. The lowest BCUT2D eigenvalue weighted by Gasteiger charge is -2.18. The van der Waals surface area contributed by atoms with Crippen molar-refractivity contribution in [2.45, 2.75) is 12.0 Å². The van der Waals surface area contributed by atoms with Crippen molar-refractivity contribution in [1.29, 1.82) is 0 Å². The zero-order valence-electron chi connectivity index (χ0n) is 12.6. The molecule has 1 aliphatic heterocycles. The van der Waals surface area contributed by atoms with E-state index in [-0.39, 0.29) is 29.6 Å². The van der Waals surface area contributed by atoms with Crippen LogP contribution in [0.5, 0.6) is 23.0 Å². The van der Waals surface area contributed by atoms with E-state index >= 15 is 0 Å². The lowest BCUT2D eigenvalue weighted by Crippen LogP contribution is -2.13. The van der Waals surface area contributed by atoms with E-state index in [1.54, 1.807) is 18.2 Å². The Kier molecular flexibility index (Phi) is 4.14. The molecule has 0 aliphatic carbocycles. The highest BCUT2D eigenvalue weighted by atomic mass is 16.5. The average molecular weight is 328 g/mol. The molecule has 124 valence electrons. The summed E-state index contributed by atoms with van der Waals surface area (Å²) in [5.74, 6) is -0.835. The first-order valence-corrected chi connectivity index (χ1v) is 7.33. The van der Waals surface area contributed by atoms with Crippen LogP contribution in [0.1, 0.15) is 28.7 Å². The minimum absolute atomic E-state index is 0.0954. The Bertz CT molecular complexity index is 811. The van der Waals surface area contributed by atoms with E-state index in [2.05, 4.69) is 0 Å². The molecule has 2 aromatic rings. The molecule has 0 saturated carbocycles. The van der Waals surface area contributed by atoms with Crippen molar-refractivity contribution >= 4 is 12.4 Å². The van der Waals surface area contributed by atoms with E-state index in [0.717, 1.165) is 0 Å². The summed E-state index contributed by atoms with van der Waals surface area (Å²) in [5.41, 5.74) is 1.78. The van der Waals surface area contributed by atoms with Crippen molar-refractivity contribution in [3.05, 3.63) is 53.1 Å². The van der Waals surface area contributed by atoms with Crippen LogP contribution >= 0.6 is 0 Å². The summed E-state index contributed by atoms with van der Waals surface area (Å²) >= 11 is 0. The number of ether oxygens (including phenoxy) is 1. The van der Waals surface area contributed by atoms with Crippen molar-refractivity contribution in [2.24, 2.45) is 0 Å². The third-order valence-corrected chi connectivity index (χ3v) is 4.02. The fraction of sp³-hybridized carbons (Fsp3) is 0.167. The molecule has 6 heteroatoms. The van der Waals surface area contributed by atoms with E-state index in [4.69, 9.17) is 4.74 Å². The number of aliphatic hydroxyl groups is 1. The second-order valence-electron chi connectivity index (χ2n) is 5.53. The molecule has 6 nitrogen and oxygen atoms in total. The van der Waals surface area contributed by atoms with E-state index in [1.165, 1.54) is 24.3 Å². The minimum atomic E-state index is -0.618. The Morgan fingerprint density at radius 3 is 2.50 bits per heavy atom. The molecule has 0 spiro atoms. The summed E-state index contributed by atoms with van der Waals surface area (Å²) < 4.78 is 5.79. The molecule has 0 bridgehead atoms. The molecule has 0 fully saturated rings. The standard InChI is InChI=1S/C18H16O6/c19-5-1-2-10-6-12-13(9-20)17(24-18(12)16(23)7-10)11-3-4-14(21)15(22)8-11/h1-8,13,17,20-23H,9H2/b2-1-. The number of phenols is 3. The summed E-state index contributed by atoms with van der Waals surface area (Å²) in [5, 5.41) is 39.1. The van der Waals surface area contributed by atoms with Crippen LogP contribution in [0.15, 0.2) is 36.4 Å². The Labute approximate surface area is 137 Å². The van der Waals surface area contributed by atoms with Gasteiger partial charge < -0.3 is 25.2 Å². The Morgan fingerprint density at radius 1 is 1.04 bits per heavy atom. The molecule has 0 saturated heterocycles. The van der Waals surface area contributed by atoms with Gasteiger partial charge in [0.2, 0.25) is 0 Å². The van der Waals surface area contributed by atoms with Crippen LogP contribution in [0.3, 0.4) is 0 Å². The molecule has 1 aliphatic rings. The number of aldehydes is 1. The summed E-state index contributed by atoms with van der Waals surface area (Å²) in [4.78, 5) is 10.5. The highest BCUT2D eigenvalue weighted by molar-refractivity contribution is 5.75. The number of benzene rings is 2. The molecule has 2 unspecified atom stereocenters. The average Bonchev–Trinajstić information content (AvgIpc) is 2.94. The highest BCUT2D eigenvalue weighted by Gasteiger charge is 2.37. The first-order chi connectivity index (χ1) is 11.5. The van der Waals surface area contributed by atoms with Gasteiger partial charge in [-0.1, -0.05) is 12.1 Å². The van der Waals surface area contributed by atoms with Gasteiger partial charge in [-0.15, -0.1) is 0 Å². The number of carbonyl (C=O) groups excluding carboxylic acids is 1. The summed E-state index contributed by atoms with van der Waals surface area (Å²) in [7, 11) is 0. The Hall–Kier alpha value is -2.99. The lowest BCUT2D eigenvalue weighted by atomic mass is 9.90. The molecule has 1 heterocycles. The summed E-state index contributed by atoms with van der Waals surface area (Å²) in [6.07, 6.45) is 2.86. The predicted molar refractivity (Wildman–Crippen MR) is 86.2 cm³/mol. The molecule has 2 aromatic carbocycles. The third kappa shape index (κ3) is 2.68. The molecule has 3 rings (SSSR count). The van der Waals surface area contributed by atoms with Crippen molar-refractivity contribution in [2.75, 3.05) is 6.61 Å². The SMILES string of the molecule is O=C/C=C\c1cc(O)c2c(c1)C(CO)C(c1ccc(O)c(O)c1)O2. The van der Waals surface area contributed by atoms with Crippen molar-refractivity contribution < 1.29 is 30.0 Å². The first kappa shape index (κ1) is 15.9. The third-order valence-electron chi connectivity index (χ3n) is 4.02. The van der Waals surface area contributed by atoms with Gasteiger partial charge in [-0.2, -0.15) is 0 Å². The Balaban J connectivity index is 2.03. The molecule has 2 atom stereocenters. The number of phenolic OH excluding ortho intramolecular Hbond substituents is 3. The largest absolute Gasteiger partial charge is 0.504 e. The normalized spacial score (nSPS) is 19.2. The van der Waals surface area contributed by atoms with E-state index < -0.39 is 12.0 Å². The maximum Gasteiger partial charge on any atom is 0.165 e. The first-order valence-electron chi connectivity index (χ1n) is 7.33. The second kappa shape index (κ2) is 6.25. The molecular formula is C18H16O6. The minimum Gasteiger partial charge on any atom is -0.504 e. The quantitative estimate of drug-likeness (QED) is 0.389. The number of fused-ring (bicyclic) bond motifs is 1. The van der Waals surface area contributed by atoms with Crippen molar-refractivity contribution in [3.8, 4) is 23.0 Å². The summed E-state index contributed by atoms with van der Waals surface area (Å²) in [6.45, 7) is -0.237. The van der Waals surface area contributed by atoms with Crippen LogP contribution in [0.2, 0.25) is 0 Å². The van der Waals surface area contributed by atoms with Crippen LogP contribution in [-0.2, 0) is 4.79 Å². The van der Waals surface area contributed by atoms with Gasteiger partial charge in [-0.3, -0.25) is 4.79 Å². The zero-order valence-corrected chi connectivity index (χ0v) is 12.6. The molecular weight excluding hydrogens is 312 g/mol. The van der Waals surface area contributed by atoms with Crippen LogP contribution in [0, 0.1) is 0 Å². The number of aliphatic hydroxyl groups excluding tert-OH is 1. The van der Waals surface area contributed by atoms with Gasteiger partial charge in [0.15, 0.2) is 23.0 Å². The number of hydrogen-bond acceptors (Lipinski definition) is 6. The van der Waals surface area contributed by atoms with Gasteiger partial charge in [0.05, 0.1) is 12.5 Å². The van der Waals surface area contributed by atoms with Gasteiger partial charge in [0.25, 0.3) is 0 Å². The van der Waals surface area contributed by atoms with Gasteiger partial charge >= 0.3 is 0 Å². The predicted octanol–water partition coefficient (Wildman–Crippen LogP) is 2.23. The number of allylic oxidation sites excluding steroid dienone is 1. The van der Waals surface area contributed by atoms with Gasteiger partial charge in [-0.05, 0) is 41.5 Å².